The predicted octanol–water partition coefficient (Wildman–Crippen LogP) is 1.73. The molecule has 0 saturated heterocycles. The van der Waals surface area contributed by atoms with Gasteiger partial charge in [-0.25, -0.2) is 9.37 Å². The molecule has 1 unspecified atom stereocenters. The third-order valence-electron chi connectivity index (χ3n) is 2.48. The van der Waals surface area contributed by atoms with Crippen molar-refractivity contribution in [1.29, 1.82) is 0 Å². The minimum absolute atomic E-state index is 0.269. The molecule has 1 heterocycles. The van der Waals surface area contributed by atoms with Crippen LogP contribution in [0.15, 0.2) is 12.3 Å². The summed E-state index contributed by atoms with van der Waals surface area (Å²) < 4.78 is 26.2. The zero-order valence-electron chi connectivity index (χ0n) is 10.3. The molecule has 2 N–H and O–H groups in total. The summed E-state index contributed by atoms with van der Waals surface area (Å²) >= 11 is 0. The molecule has 1 atom stereocenters. The number of hydrogen-bond acceptors (Lipinski definition) is 3. The number of carbonyl (C=O) groups is 2. The van der Waals surface area contributed by atoms with Gasteiger partial charge in [0.05, 0.1) is 12.0 Å². The van der Waals surface area contributed by atoms with Crippen molar-refractivity contribution in [3.8, 4) is 0 Å². The van der Waals surface area contributed by atoms with Crippen LogP contribution in [-0.4, -0.2) is 28.0 Å². The fourth-order valence-electron chi connectivity index (χ4n) is 1.64. The molecule has 0 saturated carbocycles. The highest BCUT2D eigenvalue weighted by Gasteiger charge is 2.20. The van der Waals surface area contributed by atoms with E-state index in [1.54, 1.807) is 0 Å². The van der Waals surface area contributed by atoms with Gasteiger partial charge >= 0.3 is 5.97 Å². The van der Waals surface area contributed by atoms with Crippen LogP contribution >= 0.6 is 0 Å². The number of nitrogens with zero attached hydrogens (tertiary/aromatic N) is 1. The minimum Gasteiger partial charge on any atom is -0.481 e. The van der Waals surface area contributed by atoms with Crippen molar-refractivity contribution in [2.24, 2.45) is 0 Å². The van der Waals surface area contributed by atoms with Gasteiger partial charge in [-0.05, 0) is 12.5 Å². The van der Waals surface area contributed by atoms with Crippen LogP contribution in [0.1, 0.15) is 36.5 Å². The van der Waals surface area contributed by atoms with Crippen LogP contribution < -0.4 is 5.32 Å². The lowest BCUT2D eigenvalue weighted by Gasteiger charge is -2.16. The van der Waals surface area contributed by atoms with Gasteiger partial charge in [0.15, 0.2) is 5.82 Å². The number of hydrogen-bond donors (Lipinski definition) is 2. The van der Waals surface area contributed by atoms with Crippen molar-refractivity contribution >= 4 is 11.9 Å². The highest BCUT2D eigenvalue weighted by Crippen LogP contribution is 2.10. The Morgan fingerprint density at radius 3 is 2.74 bits per heavy atom. The third kappa shape index (κ3) is 4.27. The highest BCUT2D eigenvalue weighted by atomic mass is 19.2. The molecule has 0 aliphatic carbocycles. The fourth-order valence-corrected chi connectivity index (χ4v) is 1.64. The van der Waals surface area contributed by atoms with E-state index in [0.717, 1.165) is 12.3 Å². The smallest absolute Gasteiger partial charge is 0.305 e. The second-order valence-electron chi connectivity index (χ2n) is 4.02. The molecule has 1 rings (SSSR count). The molecule has 19 heavy (non-hydrogen) atoms. The maximum Gasteiger partial charge on any atom is 0.305 e. The lowest BCUT2D eigenvalue weighted by Crippen LogP contribution is -2.37. The molecule has 0 aliphatic rings. The zero-order chi connectivity index (χ0) is 14.4. The topological polar surface area (TPSA) is 79.3 Å². The monoisotopic (exact) mass is 272 g/mol. The average molecular weight is 272 g/mol. The Hall–Kier alpha value is -2.05. The van der Waals surface area contributed by atoms with Crippen LogP contribution in [-0.2, 0) is 4.79 Å². The van der Waals surface area contributed by atoms with Gasteiger partial charge in [0, 0.05) is 12.2 Å². The molecule has 1 aromatic heterocycles. The van der Waals surface area contributed by atoms with Gasteiger partial charge in [-0.1, -0.05) is 13.3 Å². The Bertz CT molecular complexity index is 480. The van der Waals surface area contributed by atoms with Gasteiger partial charge < -0.3 is 10.4 Å². The number of nitrogens with one attached hydrogen (secondary N) is 1. The number of halogens is 2. The SMILES string of the molecule is CCCC(CC(=O)O)NC(=O)c1ccnc(F)c1F. The Labute approximate surface area is 108 Å². The van der Waals surface area contributed by atoms with Crippen LogP contribution in [0.2, 0.25) is 0 Å². The first-order valence-corrected chi connectivity index (χ1v) is 5.78. The van der Waals surface area contributed by atoms with Crippen molar-refractivity contribution < 1.29 is 23.5 Å². The second kappa shape index (κ2) is 6.77. The molecule has 1 amide bonds. The zero-order valence-corrected chi connectivity index (χ0v) is 10.3. The molecule has 0 fully saturated rings. The number of carboxylic acids is 1. The molecule has 0 spiro atoms. The minimum atomic E-state index is -1.36. The first kappa shape index (κ1) is 15.0. The molecule has 0 aromatic carbocycles. The lowest BCUT2D eigenvalue weighted by molar-refractivity contribution is -0.137. The van der Waals surface area contributed by atoms with E-state index in [4.69, 9.17) is 5.11 Å². The normalized spacial score (nSPS) is 11.9. The molecule has 0 radical (unpaired) electrons. The molecule has 0 bridgehead atoms. The first-order valence-electron chi connectivity index (χ1n) is 5.78. The Balaban J connectivity index is 2.81. The van der Waals surface area contributed by atoms with Gasteiger partial charge in [-0.3, -0.25) is 9.59 Å². The van der Waals surface area contributed by atoms with Crippen molar-refractivity contribution in [1.82, 2.24) is 10.3 Å². The van der Waals surface area contributed by atoms with Crippen LogP contribution in [0.25, 0.3) is 0 Å². The van der Waals surface area contributed by atoms with Crippen molar-refractivity contribution in [2.75, 3.05) is 0 Å². The molecule has 0 aliphatic heterocycles. The second-order valence-corrected chi connectivity index (χ2v) is 4.02. The van der Waals surface area contributed by atoms with Crippen LogP contribution in [0.5, 0.6) is 0 Å². The summed E-state index contributed by atoms with van der Waals surface area (Å²) in [5, 5.41) is 11.1. The Morgan fingerprint density at radius 2 is 2.16 bits per heavy atom. The fraction of sp³-hybridized carbons (Fsp3) is 0.417. The van der Waals surface area contributed by atoms with Gasteiger partial charge in [-0.15, -0.1) is 0 Å². The number of rotatable bonds is 6. The van der Waals surface area contributed by atoms with E-state index in [1.165, 1.54) is 0 Å². The number of amides is 1. The van der Waals surface area contributed by atoms with Crippen LogP contribution in [0, 0.1) is 11.8 Å². The summed E-state index contributed by atoms with van der Waals surface area (Å²) in [5.41, 5.74) is -0.487. The molecular formula is C12H14F2N2O3. The Morgan fingerprint density at radius 1 is 1.47 bits per heavy atom. The van der Waals surface area contributed by atoms with E-state index in [1.807, 2.05) is 6.92 Å². The summed E-state index contributed by atoms with van der Waals surface area (Å²) in [6, 6.07) is 0.419. The van der Waals surface area contributed by atoms with E-state index in [9.17, 15) is 18.4 Å². The quantitative estimate of drug-likeness (QED) is 0.773. The lowest BCUT2D eigenvalue weighted by atomic mass is 10.1. The Kier molecular flexibility index (Phi) is 5.35. The van der Waals surface area contributed by atoms with E-state index < -0.39 is 35.2 Å². The number of carboxylic acid groups (broad SMARTS) is 1. The highest BCUT2D eigenvalue weighted by molar-refractivity contribution is 5.94. The molecule has 1 aromatic rings. The number of aromatic nitrogens is 1. The van der Waals surface area contributed by atoms with Gasteiger partial charge in [-0.2, -0.15) is 4.39 Å². The summed E-state index contributed by atoms with van der Waals surface area (Å²) in [4.78, 5) is 25.4. The van der Waals surface area contributed by atoms with E-state index >= 15 is 0 Å². The van der Waals surface area contributed by atoms with Crippen LogP contribution in [0.3, 0.4) is 0 Å². The molecular weight excluding hydrogens is 258 g/mol. The number of aliphatic carboxylic acids is 1. The summed E-state index contributed by atoms with van der Waals surface area (Å²) in [5.74, 6) is -4.62. The van der Waals surface area contributed by atoms with Crippen LogP contribution in [0.4, 0.5) is 8.78 Å². The number of pyridine rings is 1. The van der Waals surface area contributed by atoms with Crippen molar-refractivity contribution in [3.05, 3.63) is 29.6 Å². The van der Waals surface area contributed by atoms with Gasteiger partial charge in [0.1, 0.15) is 0 Å². The predicted molar refractivity (Wildman–Crippen MR) is 62.6 cm³/mol. The number of carbonyl (C=O) groups excluding carboxylic acids is 1. The van der Waals surface area contributed by atoms with E-state index in [-0.39, 0.29) is 6.42 Å². The largest absolute Gasteiger partial charge is 0.481 e. The summed E-state index contributed by atoms with van der Waals surface area (Å²) in [6.07, 6.45) is 1.80. The maximum atomic E-state index is 13.3. The summed E-state index contributed by atoms with van der Waals surface area (Å²) in [6.45, 7) is 1.83. The molecule has 7 heteroatoms. The molecule has 5 nitrogen and oxygen atoms in total. The standard InChI is InChI=1S/C12H14F2N2O3/c1-2-3-7(6-9(17)18)16-12(19)8-4-5-15-11(14)10(8)13/h4-5,7H,2-3,6H2,1H3,(H,16,19)(H,17,18). The third-order valence-corrected chi connectivity index (χ3v) is 2.48. The van der Waals surface area contributed by atoms with E-state index in [2.05, 4.69) is 10.3 Å². The van der Waals surface area contributed by atoms with Gasteiger partial charge in [0.25, 0.3) is 5.91 Å². The van der Waals surface area contributed by atoms with Crippen molar-refractivity contribution in [2.45, 2.75) is 32.2 Å². The first-order chi connectivity index (χ1) is 8.95. The average Bonchev–Trinajstić information content (AvgIpc) is 2.32. The van der Waals surface area contributed by atoms with Crippen molar-refractivity contribution in [3.63, 3.8) is 0 Å². The van der Waals surface area contributed by atoms with Gasteiger partial charge in [0.2, 0.25) is 5.95 Å². The molecule has 104 valence electrons. The van der Waals surface area contributed by atoms with E-state index in [0.29, 0.717) is 12.8 Å². The summed E-state index contributed by atoms with van der Waals surface area (Å²) in [7, 11) is 0. The maximum absolute atomic E-state index is 13.3.